The maximum Gasteiger partial charge on any atom is 0.254 e. The third kappa shape index (κ3) is 3.03. The number of hydrogen-bond acceptors (Lipinski definition) is 9. The van der Waals surface area contributed by atoms with Crippen molar-refractivity contribution in [3.63, 3.8) is 0 Å². The molecule has 2 aliphatic carbocycles. The number of anilines is 1. The van der Waals surface area contributed by atoms with Gasteiger partial charge in [0.25, 0.3) is 5.95 Å². The summed E-state index contributed by atoms with van der Waals surface area (Å²) >= 11 is 0. The fourth-order valence-electron chi connectivity index (χ4n) is 5.39. The van der Waals surface area contributed by atoms with E-state index in [1.807, 2.05) is 0 Å². The second kappa shape index (κ2) is 7.23. The predicted octanol–water partition coefficient (Wildman–Crippen LogP) is 0.224. The predicted molar refractivity (Wildman–Crippen MR) is 108 cm³/mol. The Bertz CT molecular complexity index is 1090. The van der Waals surface area contributed by atoms with Gasteiger partial charge in [0.05, 0.1) is 12.9 Å². The Morgan fingerprint density at radius 3 is 2.74 bits per heavy atom. The van der Waals surface area contributed by atoms with Gasteiger partial charge in [-0.15, -0.1) is 0 Å². The summed E-state index contributed by atoms with van der Waals surface area (Å²) in [5.74, 6) is 2.42. The first-order valence-corrected chi connectivity index (χ1v) is 10.8. The summed E-state index contributed by atoms with van der Waals surface area (Å²) in [4.78, 5) is 13.8. The van der Waals surface area contributed by atoms with Crippen LogP contribution in [0.4, 0.5) is 5.82 Å². The van der Waals surface area contributed by atoms with Gasteiger partial charge in [0.1, 0.15) is 18.3 Å². The highest BCUT2D eigenvalue weighted by Gasteiger charge is 2.44. The average Bonchev–Trinajstić information content (AvgIpc) is 3.59. The summed E-state index contributed by atoms with van der Waals surface area (Å²) in [6, 6.07) is 2.14. The van der Waals surface area contributed by atoms with Crippen LogP contribution in [0.1, 0.15) is 31.9 Å². The Hall–Kier alpha value is -2.60. The first-order valence-electron chi connectivity index (χ1n) is 10.8. The van der Waals surface area contributed by atoms with Crippen molar-refractivity contribution < 1.29 is 20.1 Å². The Balaban J connectivity index is 1.43. The zero-order valence-corrected chi connectivity index (χ0v) is 16.8. The normalized spacial score (nSPS) is 34.7. The van der Waals surface area contributed by atoms with E-state index in [0.29, 0.717) is 34.9 Å². The molecule has 7 atom stereocenters. The third-order valence-corrected chi connectivity index (χ3v) is 6.97. The molecule has 6 rings (SSSR count). The number of fused-ring (bicyclic) bond motifs is 3. The van der Waals surface area contributed by atoms with E-state index in [9.17, 15) is 15.3 Å². The molecule has 4 unspecified atom stereocenters. The number of rotatable bonds is 5. The first-order chi connectivity index (χ1) is 15.1. The SMILES string of the molecule is OC[C@H]1OC(n2cnc3c(NC4CC5CCC4C5)nc(-n4cccn4)nc32)[C@H](O)[C@@H]1O. The quantitative estimate of drug-likeness (QED) is 0.450. The van der Waals surface area contributed by atoms with Gasteiger partial charge in [-0.3, -0.25) is 4.57 Å². The Morgan fingerprint density at radius 1 is 1.16 bits per heavy atom. The third-order valence-electron chi connectivity index (χ3n) is 6.97. The highest BCUT2D eigenvalue weighted by Crippen LogP contribution is 2.45. The molecule has 0 amide bonds. The molecule has 0 spiro atoms. The summed E-state index contributed by atoms with van der Waals surface area (Å²) in [6.45, 7) is -0.397. The number of hydrogen-bond donors (Lipinski definition) is 4. The number of aromatic nitrogens is 6. The lowest BCUT2D eigenvalue weighted by Crippen LogP contribution is -2.33. The van der Waals surface area contributed by atoms with Crippen LogP contribution in [0.25, 0.3) is 17.1 Å². The number of imidazole rings is 1. The maximum atomic E-state index is 10.5. The van der Waals surface area contributed by atoms with Gasteiger partial charge in [-0.05, 0) is 37.2 Å². The van der Waals surface area contributed by atoms with Crippen LogP contribution in [0.3, 0.4) is 0 Å². The molecular formula is C20H25N7O4. The van der Waals surface area contributed by atoms with Gasteiger partial charge >= 0.3 is 0 Å². The van der Waals surface area contributed by atoms with Gasteiger partial charge < -0.3 is 25.4 Å². The topological polar surface area (TPSA) is 143 Å². The zero-order chi connectivity index (χ0) is 21.1. The smallest absolute Gasteiger partial charge is 0.254 e. The van der Waals surface area contributed by atoms with Crippen molar-refractivity contribution in [3.05, 3.63) is 24.8 Å². The first kappa shape index (κ1) is 19.1. The Labute approximate surface area is 177 Å². The summed E-state index contributed by atoms with van der Waals surface area (Å²) in [5.41, 5.74) is 1.03. The highest BCUT2D eigenvalue weighted by molar-refractivity contribution is 5.84. The van der Waals surface area contributed by atoms with Crippen LogP contribution < -0.4 is 5.32 Å². The molecule has 3 aliphatic rings. The molecule has 0 aromatic carbocycles. The number of ether oxygens (including phenoxy) is 1. The maximum absolute atomic E-state index is 10.5. The highest BCUT2D eigenvalue weighted by atomic mass is 16.6. The second-order valence-electron chi connectivity index (χ2n) is 8.80. The number of nitrogens with one attached hydrogen (secondary N) is 1. The minimum absolute atomic E-state index is 0.349. The minimum Gasteiger partial charge on any atom is -0.394 e. The molecule has 164 valence electrons. The van der Waals surface area contributed by atoms with E-state index in [-0.39, 0.29) is 0 Å². The van der Waals surface area contributed by atoms with Crippen LogP contribution in [0.15, 0.2) is 24.8 Å². The average molecular weight is 427 g/mol. The van der Waals surface area contributed by atoms with Gasteiger partial charge in [-0.1, -0.05) is 6.42 Å². The van der Waals surface area contributed by atoms with E-state index in [1.165, 1.54) is 25.6 Å². The minimum atomic E-state index is -1.22. The molecule has 11 heteroatoms. The standard InChI is InChI=1S/C20H25N7O4/c28-8-13-15(29)16(30)19(31-13)26-9-21-14-17(23-12-7-10-2-3-11(12)6-10)24-20(25-18(14)26)27-5-1-4-22-27/h1,4-5,9-13,15-16,19,28-30H,2-3,6-8H2,(H,23,24,25)/t10?,11?,12?,13-,15-,16-,19?/m1/s1. The Morgan fingerprint density at radius 2 is 2.06 bits per heavy atom. The number of nitrogens with zero attached hydrogens (tertiary/aromatic N) is 6. The zero-order valence-electron chi connectivity index (χ0n) is 16.8. The van der Waals surface area contributed by atoms with Crippen LogP contribution in [0.2, 0.25) is 0 Å². The van der Waals surface area contributed by atoms with Crippen LogP contribution in [-0.4, -0.2) is 75.6 Å². The van der Waals surface area contributed by atoms with Gasteiger partial charge in [-0.2, -0.15) is 15.1 Å². The van der Waals surface area contributed by atoms with Crippen LogP contribution in [0, 0.1) is 11.8 Å². The molecule has 2 bridgehead atoms. The summed E-state index contributed by atoms with van der Waals surface area (Å²) < 4.78 is 8.85. The summed E-state index contributed by atoms with van der Waals surface area (Å²) in [6.07, 6.45) is 5.64. The van der Waals surface area contributed by atoms with E-state index < -0.39 is 31.1 Å². The van der Waals surface area contributed by atoms with Gasteiger partial charge in [-0.25, -0.2) is 9.67 Å². The molecule has 11 nitrogen and oxygen atoms in total. The van der Waals surface area contributed by atoms with E-state index in [4.69, 9.17) is 9.72 Å². The van der Waals surface area contributed by atoms with Crippen molar-refractivity contribution in [2.45, 2.75) is 56.3 Å². The van der Waals surface area contributed by atoms with Gasteiger partial charge in [0.15, 0.2) is 23.2 Å². The van der Waals surface area contributed by atoms with Crippen molar-refractivity contribution in [1.29, 1.82) is 0 Å². The van der Waals surface area contributed by atoms with Crippen LogP contribution in [0.5, 0.6) is 0 Å². The lowest BCUT2D eigenvalue weighted by Gasteiger charge is -2.23. The van der Waals surface area contributed by atoms with E-state index in [0.717, 1.165) is 12.3 Å². The van der Waals surface area contributed by atoms with Crippen LogP contribution >= 0.6 is 0 Å². The molecule has 2 saturated carbocycles. The summed E-state index contributed by atoms with van der Waals surface area (Å²) in [5, 5.41) is 38.0. The molecule has 4 N–H and O–H groups in total. The molecule has 3 fully saturated rings. The molecule has 4 heterocycles. The molecule has 1 aliphatic heterocycles. The van der Waals surface area contributed by atoms with Crippen molar-refractivity contribution in [3.8, 4) is 5.95 Å². The lowest BCUT2D eigenvalue weighted by atomic mass is 9.95. The molecule has 3 aromatic heterocycles. The molecular weight excluding hydrogens is 402 g/mol. The summed E-state index contributed by atoms with van der Waals surface area (Å²) in [7, 11) is 0. The fraction of sp³-hybridized carbons (Fsp3) is 0.600. The van der Waals surface area contributed by atoms with Crippen molar-refractivity contribution in [2.75, 3.05) is 11.9 Å². The number of aliphatic hydroxyl groups is 3. The van der Waals surface area contributed by atoms with Crippen LogP contribution in [-0.2, 0) is 4.74 Å². The van der Waals surface area contributed by atoms with E-state index in [1.54, 1.807) is 27.7 Å². The van der Waals surface area contributed by atoms with Gasteiger partial charge in [0.2, 0.25) is 0 Å². The molecule has 1 saturated heterocycles. The largest absolute Gasteiger partial charge is 0.394 e. The lowest BCUT2D eigenvalue weighted by molar-refractivity contribution is -0.0511. The molecule has 3 aromatic rings. The van der Waals surface area contributed by atoms with Crippen molar-refractivity contribution in [2.24, 2.45) is 11.8 Å². The number of aliphatic hydroxyl groups excluding tert-OH is 3. The fourth-order valence-corrected chi connectivity index (χ4v) is 5.39. The van der Waals surface area contributed by atoms with E-state index in [2.05, 4.69) is 20.4 Å². The molecule has 31 heavy (non-hydrogen) atoms. The second-order valence-corrected chi connectivity index (χ2v) is 8.80. The van der Waals surface area contributed by atoms with Crippen molar-refractivity contribution in [1.82, 2.24) is 29.3 Å². The Kier molecular flexibility index (Phi) is 4.46. The van der Waals surface area contributed by atoms with Crippen molar-refractivity contribution >= 4 is 17.0 Å². The molecule has 0 radical (unpaired) electrons. The van der Waals surface area contributed by atoms with Gasteiger partial charge in [0, 0.05) is 18.4 Å². The van der Waals surface area contributed by atoms with E-state index >= 15 is 0 Å². The monoisotopic (exact) mass is 427 g/mol.